The number of anilines is 2. The van der Waals surface area contributed by atoms with Crippen molar-refractivity contribution < 1.29 is 9.53 Å². The lowest BCUT2D eigenvalue weighted by Gasteiger charge is -2.25. The molecule has 3 rings (SSSR count). The molecule has 7 heteroatoms. The summed E-state index contributed by atoms with van der Waals surface area (Å²) in [6.45, 7) is 13.3. The number of thiazole rings is 1. The number of amides is 1. The molecule has 3 aromatic rings. The van der Waals surface area contributed by atoms with Crippen molar-refractivity contribution in [1.82, 2.24) is 14.9 Å². The molecule has 0 fully saturated rings. The van der Waals surface area contributed by atoms with Crippen LogP contribution in [0, 0.1) is 0 Å². The van der Waals surface area contributed by atoms with Gasteiger partial charge >= 0.3 is 0 Å². The largest absolute Gasteiger partial charge is 0.437 e. The minimum Gasteiger partial charge on any atom is -0.437 e. The lowest BCUT2D eigenvalue weighted by molar-refractivity contribution is -0.130. The van der Waals surface area contributed by atoms with Crippen molar-refractivity contribution in [3.8, 4) is 11.6 Å². The van der Waals surface area contributed by atoms with Gasteiger partial charge in [-0.05, 0) is 30.5 Å². The summed E-state index contributed by atoms with van der Waals surface area (Å²) < 4.78 is 6.26. The number of pyridine rings is 1. The van der Waals surface area contributed by atoms with Crippen molar-refractivity contribution in [3.63, 3.8) is 0 Å². The molecule has 176 valence electrons. The molecule has 1 aromatic carbocycles. The SMILES string of the molecule is CCN(C)C(=O)CC(C)(C)c1csc(Nc2cccnc2Oc2ccccc2C(C)(C)C)n1. The Morgan fingerprint density at radius 2 is 1.85 bits per heavy atom. The molecule has 2 heterocycles. The molecule has 0 aliphatic heterocycles. The summed E-state index contributed by atoms with van der Waals surface area (Å²) in [7, 11) is 1.83. The minimum atomic E-state index is -0.364. The van der Waals surface area contributed by atoms with Crippen LogP contribution in [0.3, 0.4) is 0 Å². The van der Waals surface area contributed by atoms with Crippen LogP contribution in [0.5, 0.6) is 11.6 Å². The van der Waals surface area contributed by atoms with Crippen LogP contribution in [-0.4, -0.2) is 34.4 Å². The molecule has 0 saturated heterocycles. The van der Waals surface area contributed by atoms with E-state index in [9.17, 15) is 4.79 Å². The number of hydrogen-bond acceptors (Lipinski definition) is 6. The van der Waals surface area contributed by atoms with Gasteiger partial charge in [0.25, 0.3) is 0 Å². The number of nitrogens with one attached hydrogen (secondary N) is 1. The zero-order chi connectivity index (χ0) is 24.2. The van der Waals surface area contributed by atoms with Crippen molar-refractivity contribution in [2.75, 3.05) is 18.9 Å². The Bertz CT molecular complexity index is 1100. The van der Waals surface area contributed by atoms with E-state index in [1.54, 1.807) is 11.1 Å². The second-order valence-corrected chi connectivity index (χ2v) is 10.7. The van der Waals surface area contributed by atoms with Crippen molar-refractivity contribution >= 4 is 28.1 Å². The number of benzene rings is 1. The van der Waals surface area contributed by atoms with Gasteiger partial charge in [-0.3, -0.25) is 4.79 Å². The van der Waals surface area contributed by atoms with E-state index in [0.29, 0.717) is 18.8 Å². The maximum atomic E-state index is 12.4. The highest BCUT2D eigenvalue weighted by atomic mass is 32.1. The minimum absolute atomic E-state index is 0.0575. The second-order valence-electron chi connectivity index (χ2n) is 9.84. The van der Waals surface area contributed by atoms with Crippen LogP contribution in [0.4, 0.5) is 10.8 Å². The first-order valence-corrected chi connectivity index (χ1v) is 12.1. The van der Waals surface area contributed by atoms with Crippen LogP contribution >= 0.6 is 11.3 Å². The third-order valence-electron chi connectivity index (χ3n) is 5.61. The van der Waals surface area contributed by atoms with Crippen molar-refractivity contribution in [2.45, 2.75) is 58.8 Å². The highest BCUT2D eigenvalue weighted by Crippen LogP contribution is 2.37. The molecule has 0 bridgehead atoms. The normalized spacial score (nSPS) is 11.8. The van der Waals surface area contributed by atoms with E-state index >= 15 is 0 Å². The van der Waals surface area contributed by atoms with Gasteiger partial charge in [0, 0.05) is 42.6 Å². The molecule has 0 atom stereocenters. The first-order chi connectivity index (χ1) is 15.5. The standard InChI is InChI=1S/C26H34N4O2S/c1-8-30(7)22(31)16-26(5,6)21-17-33-24(29-21)28-19-13-11-15-27-23(19)32-20-14-10-9-12-18(20)25(2,3)4/h9-15,17H,8,16H2,1-7H3,(H,28,29). The predicted molar refractivity (Wildman–Crippen MR) is 136 cm³/mol. The molecular formula is C26H34N4O2S. The number of para-hydroxylation sites is 1. The smallest absolute Gasteiger partial charge is 0.243 e. The van der Waals surface area contributed by atoms with E-state index in [4.69, 9.17) is 9.72 Å². The molecular weight excluding hydrogens is 432 g/mol. The molecule has 0 aliphatic rings. The van der Waals surface area contributed by atoms with Gasteiger partial charge in [-0.15, -0.1) is 11.3 Å². The number of carbonyl (C=O) groups excluding carboxylic acids is 1. The summed E-state index contributed by atoms with van der Waals surface area (Å²) in [6, 6.07) is 11.8. The van der Waals surface area contributed by atoms with Crippen molar-refractivity contribution in [1.29, 1.82) is 0 Å². The van der Waals surface area contributed by atoms with E-state index < -0.39 is 0 Å². The van der Waals surface area contributed by atoms with E-state index in [1.807, 2.05) is 49.7 Å². The monoisotopic (exact) mass is 466 g/mol. The third-order valence-corrected chi connectivity index (χ3v) is 6.36. The maximum absolute atomic E-state index is 12.4. The van der Waals surface area contributed by atoms with Crippen LogP contribution in [0.1, 0.15) is 59.2 Å². The Morgan fingerprint density at radius 1 is 1.12 bits per heavy atom. The van der Waals surface area contributed by atoms with E-state index in [1.165, 1.54) is 11.3 Å². The van der Waals surface area contributed by atoms with Gasteiger partial charge in [0.15, 0.2) is 5.13 Å². The molecule has 0 saturated carbocycles. The molecule has 6 nitrogen and oxygen atoms in total. The molecule has 0 aliphatic carbocycles. The van der Waals surface area contributed by atoms with Crippen LogP contribution in [-0.2, 0) is 15.6 Å². The second kappa shape index (κ2) is 9.91. The zero-order valence-electron chi connectivity index (χ0n) is 20.6. The number of aromatic nitrogens is 2. The molecule has 0 spiro atoms. The molecule has 1 N–H and O–H groups in total. The van der Waals surface area contributed by atoms with E-state index in [0.717, 1.165) is 27.8 Å². The summed E-state index contributed by atoms with van der Waals surface area (Å²) in [6.07, 6.45) is 2.12. The predicted octanol–water partition coefficient (Wildman–Crippen LogP) is 6.52. The molecule has 33 heavy (non-hydrogen) atoms. The Balaban J connectivity index is 1.81. The molecule has 2 aromatic heterocycles. The van der Waals surface area contributed by atoms with Crippen LogP contribution in [0.15, 0.2) is 48.0 Å². The summed E-state index contributed by atoms with van der Waals surface area (Å²) in [4.78, 5) is 23.4. The lowest BCUT2D eigenvalue weighted by atomic mass is 9.86. The van der Waals surface area contributed by atoms with Gasteiger partial charge in [-0.2, -0.15) is 0 Å². The average Bonchev–Trinajstić information content (AvgIpc) is 3.23. The Labute approximate surface area is 201 Å². The summed E-state index contributed by atoms with van der Waals surface area (Å²) >= 11 is 1.50. The first-order valence-electron chi connectivity index (χ1n) is 11.2. The molecule has 1 amide bonds. The third kappa shape index (κ3) is 6.11. The number of carbonyl (C=O) groups is 1. The number of hydrogen-bond donors (Lipinski definition) is 1. The van der Waals surface area contributed by atoms with Crippen LogP contribution in [0.25, 0.3) is 0 Å². The van der Waals surface area contributed by atoms with Crippen molar-refractivity contribution in [2.24, 2.45) is 0 Å². The van der Waals surface area contributed by atoms with Gasteiger partial charge in [-0.25, -0.2) is 9.97 Å². The number of nitrogens with zero attached hydrogens (tertiary/aromatic N) is 3. The van der Waals surface area contributed by atoms with Gasteiger partial charge < -0.3 is 15.0 Å². The fourth-order valence-electron chi connectivity index (χ4n) is 3.38. The van der Waals surface area contributed by atoms with Gasteiger partial charge in [0.05, 0.1) is 5.69 Å². The molecule has 0 radical (unpaired) electrons. The van der Waals surface area contributed by atoms with Gasteiger partial charge in [0.2, 0.25) is 11.8 Å². The van der Waals surface area contributed by atoms with Crippen molar-refractivity contribution in [3.05, 3.63) is 59.2 Å². The van der Waals surface area contributed by atoms with E-state index in [-0.39, 0.29) is 16.7 Å². The zero-order valence-corrected chi connectivity index (χ0v) is 21.4. The Kier molecular flexibility index (Phi) is 7.42. The fourth-order valence-corrected chi connectivity index (χ4v) is 4.30. The highest BCUT2D eigenvalue weighted by Gasteiger charge is 2.28. The quantitative estimate of drug-likeness (QED) is 0.409. The highest BCUT2D eigenvalue weighted by molar-refractivity contribution is 7.13. The van der Waals surface area contributed by atoms with Gasteiger partial charge in [-0.1, -0.05) is 52.8 Å². The summed E-state index contributed by atoms with van der Waals surface area (Å²) in [5, 5.41) is 6.10. The topological polar surface area (TPSA) is 67.4 Å². The van der Waals surface area contributed by atoms with Crippen LogP contribution in [0.2, 0.25) is 0 Å². The van der Waals surface area contributed by atoms with E-state index in [2.05, 4.69) is 51.0 Å². The van der Waals surface area contributed by atoms with Crippen LogP contribution < -0.4 is 10.1 Å². The first kappa shape index (κ1) is 24.7. The number of ether oxygens (including phenoxy) is 1. The summed E-state index contributed by atoms with van der Waals surface area (Å²) in [5.41, 5.74) is 2.31. The fraction of sp³-hybridized carbons (Fsp3) is 0.423. The average molecular weight is 467 g/mol. The lowest BCUT2D eigenvalue weighted by Crippen LogP contribution is -2.32. The number of rotatable bonds is 8. The Morgan fingerprint density at radius 3 is 2.55 bits per heavy atom. The molecule has 0 unspecified atom stereocenters. The summed E-state index contributed by atoms with van der Waals surface area (Å²) in [5.74, 6) is 1.39. The van der Waals surface area contributed by atoms with Gasteiger partial charge in [0.1, 0.15) is 11.4 Å². The maximum Gasteiger partial charge on any atom is 0.243 e. The Hall–Kier alpha value is -2.93.